The molecule has 130 valence electrons. The molecule has 0 aliphatic carbocycles. The molecule has 0 aromatic heterocycles. The maximum atomic E-state index is 12.9. The Hall–Kier alpha value is -2.18. The summed E-state index contributed by atoms with van der Waals surface area (Å²) < 4.78 is 24.9. The Bertz CT molecular complexity index is 756. The lowest BCUT2D eigenvalue weighted by molar-refractivity contribution is 0.00578. The Kier molecular flexibility index (Phi) is 4.43. The van der Waals surface area contributed by atoms with Crippen molar-refractivity contribution in [2.75, 3.05) is 5.32 Å². The van der Waals surface area contributed by atoms with Gasteiger partial charge in [0, 0.05) is 11.3 Å². The van der Waals surface area contributed by atoms with E-state index in [-0.39, 0.29) is 11.7 Å². The van der Waals surface area contributed by atoms with Gasteiger partial charge in [-0.15, -0.1) is 0 Å². The fourth-order valence-electron chi connectivity index (χ4n) is 2.51. The van der Waals surface area contributed by atoms with E-state index in [1.807, 2.05) is 39.8 Å². The fourth-order valence-corrected chi connectivity index (χ4v) is 2.51. The van der Waals surface area contributed by atoms with E-state index < -0.39 is 18.3 Å². The SMILES string of the molecule is CC1(C)OB(c2ccc(C(=O)Nc3ccc(F)cc3)cc2)OC1(C)C. The molecule has 0 spiro atoms. The topological polar surface area (TPSA) is 47.6 Å². The molecule has 25 heavy (non-hydrogen) atoms. The zero-order chi connectivity index (χ0) is 18.2. The molecule has 1 aliphatic rings. The first-order valence-corrected chi connectivity index (χ1v) is 8.20. The number of anilines is 1. The number of amides is 1. The van der Waals surface area contributed by atoms with Crippen molar-refractivity contribution in [1.82, 2.24) is 0 Å². The molecule has 0 unspecified atom stereocenters. The lowest BCUT2D eigenvalue weighted by Gasteiger charge is -2.32. The van der Waals surface area contributed by atoms with E-state index in [0.29, 0.717) is 11.3 Å². The van der Waals surface area contributed by atoms with Crippen LogP contribution in [0.1, 0.15) is 38.1 Å². The first-order chi connectivity index (χ1) is 11.7. The molecule has 0 atom stereocenters. The molecule has 1 saturated heterocycles. The molecular formula is C19H21BFNO3. The number of hydrogen-bond donors (Lipinski definition) is 1. The van der Waals surface area contributed by atoms with Crippen molar-refractivity contribution in [3.8, 4) is 0 Å². The number of nitrogens with one attached hydrogen (secondary N) is 1. The average molecular weight is 341 g/mol. The van der Waals surface area contributed by atoms with Crippen molar-refractivity contribution < 1.29 is 18.5 Å². The Morgan fingerprint density at radius 1 is 0.920 bits per heavy atom. The van der Waals surface area contributed by atoms with E-state index in [4.69, 9.17) is 9.31 Å². The van der Waals surface area contributed by atoms with Crippen LogP contribution in [-0.4, -0.2) is 24.2 Å². The average Bonchev–Trinajstić information content (AvgIpc) is 2.78. The van der Waals surface area contributed by atoms with Crippen LogP contribution in [-0.2, 0) is 9.31 Å². The third-order valence-electron chi connectivity index (χ3n) is 4.80. The summed E-state index contributed by atoms with van der Waals surface area (Å²) >= 11 is 0. The van der Waals surface area contributed by atoms with Crippen LogP contribution in [0.5, 0.6) is 0 Å². The van der Waals surface area contributed by atoms with Crippen molar-refractivity contribution in [3.05, 3.63) is 59.9 Å². The van der Waals surface area contributed by atoms with Gasteiger partial charge in [-0.2, -0.15) is 0 Å². The smallest absolute Gasteiger partial charge is 0.399 e. The summed E-state index contributed by atoms with van der Waals surface area (Å²) in [6, 6.07) is 12.7. The zero-order valence-electron chi connectivity index (χ0n) is 14.8. The van der Waals surface area contributed by atoms with Crippen LogP contribution in [0.4, 0.5) is 10.1 Å². The highest BCUT2D eigenvalue weighted by Gasteiger charge is 2.51. The van der Waals surface area contributed by atoms with Gasteiger partial charge in [0.05, 0.1) is 11.2 Å². The minimum atomic E-state index is -0.459. The number of carbonyl (C=O) groups excluding carboxylic acids is 1. The van der Waals surface area contributed by atoms with Gasteiger partial charge in [0.25, 0.3) is 5.91 Å². The largest absolute Gasteiger partial charge is 0.494 e. The van der Waals surface area contributed by atoms with Crippen molar-refractivity contribution in [3.63, 3.8) is 0 Å². The van der Waals surface area contributed by atoms with Gasteiger partial charge in [-0.3, -0.25) is 4.79 Å². The van der Waals surface area contributed by atoms with Crippen LogP contribution >= 0.6 is 0 Å². The van der Waals surface area contributed by atoms with Gasteiger partial charge < -0.3 is 14.6 Å². The molecule has 2 aromatic rings. The number of halogens is 1. The predicted molar refractivity (Wildman–Crippen MR) is 96.5 cm³/mol. The molecule has 0 radical (unpaired) electrons. The van der Waals surface area contributed by atoms with Gasteiger partial charge >= 0.3 is 7.12 Å². The van der Waals surface area contributed by atoms with Crippen LogP contribution in [0.25, 0.3) is 0 Å². The van der Waals surface area contributed by atoms with E-state index in [2.05, 4.69) is 5.32 Å². The Balaban J connectivity index is 1.70. The van der Waals surface area contributed by atoms with Gasteiger partial charge in [-0.25, -0.2) is 4.39 Å². The van der Waals surface area contributed by atoms with E-state index in [0.717, 1.165) is 5.46 Å². The molecule has 1 N–H and O–H groups in total. The summed E-state index contributed by atoms with van der Waals surface area (Å²) in [5, 5.41) is 2.73. The molecule has 3 rings (SSSR count). The van der Waals surface area contributed by atoms with Crippen molar-refractivity contribution >= 4 is 24.2 Å². The Labute approximate surface area is 147 Å². The third kappa shape index (κ3) is 3.60. The first-order valence-electron chi connectivity index (χ1n) is 8.20. The number of rotatable bonds is 3. The van der Waals surface area contributed by atoms with Gasteiger partial charge in [0.2, 0.25) is 0 Å². The summed E-state index contributed by atoms with van der Waals surface area (Å²) in [5.74, 6) is -0.600. The minimum Gasteiger partial charge on any atom is -0.399 e. The zero-order valence-corrected chi connectivity index (χ0v) is 14.8. The Morgan fingerprint density at radius 2 is 1.44 bits per heavy atom. The molecule has 1 heterocycles. The van der Waals surface area contributed by atoms with Crippen LogP contribution in [0.2, 0.25) is 0 Å². The molecule has 0 saturated carbocycles. The minimum absolute atomic E-state index is 0.257. The molecular weight excluding hydrogens is 320 g/mol. The maximum Gasteiger partial charge on any atom is 0.494 e. The molecule has 4 nitrogen and oxygen atoms in total. The quantitative estimate of drug-likeness (QED) is 0.871. The van der Waals surface area contributed by atoms with Crippen LogP contribution in [0.15, 0.2) is 48.5 Å². The maximum absolute atomic E-state index is 12.9. The van der Waals surface area contributed by atoms with E-state index in [1.54, 1.807) is 12.1 Å². The van der Waals surface area contributed by atoms with Gasteiger partial charge in [-0.1, -0.05) is 12.1 Å². The fraction of sp³-hybridized carbons (Fsp3) is 0.316. The van der Waals surface area contributed by atoms with Crippen molar-refractivity contribution in [2.45, 2.75) is 38.9 Å². The van der Waals surface area contributed by atoms with Crippen LogP contribution in [0, 0.1) is 5.82 Å². The highest BCUT2D eigenvalue weighted by atomic mass is 19.1. The summed E-state index contributed by atoms with van der Waals surface area (Å²) in [5.41, 5.74) is 1.09. The molecule has 2 aromatic carbocycles. The molecule has 1 aliphatic heterocycles. The van der Waals surface area contributed by atoms with Crippen LogP contribution < -0.4 is 10.8 Å². The molecule has 6 heteroatoms. The highest BCUT2D eigenvalue weighted by molar-refractivity contribution is 6.62. The second-order valence-electron chi connectivity index (χ2n) is 7.17. The summed E-state index contributed by atoms with van der Waals surface area (Å²) in [7, 11) is -0.459. The van der Waals surface area contributed by atoms with Gasteiger partial charge in [0.15, 0.2) is 0 Å². The van der Waals surface area contributed by atoms with Crippen molar-refractivity contribution in [1.29, 1.82) is 0 Å². The summed E-state index contributed by atoms with van der Waals surface area (Å²) in [6.07, 6.45) is 0. The monoisotopic (exact) mass is 341 g/mol. The van der Waals surface area contributed by atoms with E-state index in [1.165, 1.54) is 24.3 Å². The highest BCUT2D eigenvalue weighted by Crippen LogP contribution is 2.36. The Morgan fingerprint density at radius 3 is 1.96 bits per heavy atom. The standard InChI is InChI=1S/C19H21BFNO3/c1-18(2)19(3,4)25-20(24-18)14-7-5-13(6-8-14)17(23)22-16-11-9-15(21)10-12-16/h5-12H,1-4H3,(H,22,23). The molecule has 1 amide bonds. The lowest BCUT2D eigenvalue weighted by atomic mass is 9.79. The molecule has 0 bridgehead atoms. The number of hydrogen-bond acceptors (Lipinski definition) is 3. The summed E-state index contributed by atoms with van der Waals surface area (Å²) in [4.78, 5) is 12.3. The predicted octanol–water partition coefficient (Wildman–Crippen LogP) is 3.38. The van der Waals surface area contributed by atoms with E-state index in [9.17, 15) is 9.18 Å². The van der Waals surface area contributed by atoms with Gasteiger partial charge in [-0.05, 0) is 69.6 Å². The van der Waals surface area contributed by atoms with E-state index >= 15 is 0 Å². The van der Waals surface area contributed by atoms with Gasteiger partial charge in [0.1, 0.15) is 5.82 Å². The second-order valence-corrected chi connectivity index (χ2v) is 7.17. The summed E-state index contributed by atoms with van der Waals surface area (Å²) in [6.45, 7) is 7.99. The molecule has 1 fully saturated rings. The third-order valence-corrected chi connectivity index (χ3v) is 4.80. The number of benzene rings is 2. The first kappa shape index (κ1) is 17.6. The number of carbonyl (C=O) groups is 1. The normalized spacial score (nSPS) is 18.2. The van der Waals surface area contributed by atoms with Crippen molar-refractivity contribution in [2.24, 2.45) is 0 Å². The second kappa shape index (κ2) is 6.28. The lowest BCUT2D eigenvalue weighted by Crippen LogP contribution is -2.41. The van der Waals surface area contributed by atoms with Crippen LogP contribution in [0.3, 0.4) is 0 Å².